The molecule has 0 bridgehead atoms. The van der Waals surface area contributed by atoms with Gasteiger partial charge in [0.25, 0.3) is 5.91 Å². The number of halogens is 1. The molecule has 2 aliphatic rings. The normalized spacial score (nSPS) is 19.2. The summed E-state index contributed by atoms with van der Waals surface area (Å²) in [6, 6.07) is 13.1. The number of hydrogen-bond acceptors (Lipinski definition) is 4. The first-order valence-corrected chi connectivity index (χ1v) is 10.6. The first-order valence-electron chi connectivity index (χ1n) is 10.6. The van der Waals surface area contributed by atoms with Gasteiger partial charge in [-0.1, -0.05) is 31.2 Å². The molecule has 1 heterocycles. The summed E-state index contributed by atoms with van der Waals surface area (Å²) in [5.41, 5.74) is 2.29. The molecule has 1 aliphatic heterocycles. The molecule has 2 fully saturated rings. The molecule has 2 amide bonds. The first kappa shape index (κ1) is 21.0. The summed E-state index contributed by atoms with van der Waals surface area (Å²) in [6.07, 6.45) is 1.52. The first-order chi connectivity index (χ1) is 14.9. The third-order valence-electron chi connectivity index (χ3n) is 5.68. The second kappa shape index (κ2) is 8.88. The highest BCUT2D eigenvalue weighted by Crippen LogP contribution is 2.29. The maximum absolute atomic E-state index is 13.3. The molecule has 1 saturated carbocycles. The maximum Gasteiger partial charge on any atom is 0.312 e. The lowest BCUT2D eigenvalue weighted by Gasteiger charge is -2.20. The van der Waals surface area contributed by atoms with Crippen LogP contribution in [0.15, 0.2) is 48.5 Å². The van der Waals surface area contributed by atoms with Crippen LogP contribution in [0, 0.1) is 11.7 Å². The minimum atomic E-state index is -1.18. The summed E-state index contributed by atoms with van der Waals surface area (Å²) in [5.74, 6) is -2.32. The molecule has 2 unspecified atom stereocenters. The standard InChI is InChI=1S/C24H25FN2O4/c1-2-15-3-11-20(12-4-15)27-14-17(13-21(27)28)24(30)31-22(23(29)26-19-9-10-19)16-5-7-18(25)8-6-16/h3-8,11-12,17,19,22H,2,9-10,13-14H2,1H3,(H,26,29). The minimum absolute atomic E-state index is 0.0226. The van der Waals surface area contributed by atoms with E-state index in [9.17, 15) is 18.8 Å². The van der Waals surface area contributed by atoms with E-state index in [-0.39, 0.29) is 24.9 Å². The van der Waals surface area contributed by atoms with E-state index in [1.807, 2.05) is 24.3 Å². The predicted octanol–water partition coefficient (Wildman–Crippen LogP) is 3.30. The van der Waals surface area contributed by atoms with E-state index in [0.717, 1.165) is 30.5 Å². The van der Waals surface area contributed by atoms with Gasteiger partial charge in [-0.2, -0.15) is 0 Å². The summed E-state index contributed by atoms with van der Waals surface area (Å²) >= 11 is 0. The molecule has 7 heteroatoms. The van der Waals surface area contributed by atoms with Crippen molar-refractivity contribution in [3.8, 4) is 0 Å². The third kappa shape index (κ3) is 4.93. The molecule has 0 radical (unpaired) electrons. The quantitative estimate of drug-likeness (QED) is 0.692. The van der Waals surface area contributed by atoms with Gasteiger partial charge < -0.3 is 15.0 Å². The van der Waals surface area contributed by atoms with Crippen LogP contribution in [-0.2, 0) is 25.5 Å². The Morgan fingerprint density at radius 2 is 1.81 bits per heavy atom. The topological polar surface area (TPSA) is 75.7 Å². The Morgan fingerprint density at radius 1 is 1.13 bits per heavy atom. The maximum atomic E-state index is 13.3. The molecule has 0 aromatic heterocycles. The Labute approximate surface area is 180 Å². The Bertz CT molecular complexity index is 970. The lowest BCUT2D eigenvalue weighted by Crippen LogP contribution is -2.35. The van der Waals surface area contributed by atoms with Crippen molar-refractivity contribution in [3.05, 3.63) is 65.5 Å². The average Bonchev–Trinajstić information content (AvgIpc) is 3.50. The van der Waals surface area contributed by atoms with Crippen LogP contribution < -0.4 is 10.2 Å². The smallest absolute Gasteiger partial charge is 0.312 e. The number of benzene rings is 2. The van der Waals surface area contributed by atoms with Crippen LogP contribution in [0.2, 0.25) is 0 Å². The lowest BCUT2D eigenvalue weighted by molar-refractivity contribution is -0.160. The van der Waals surface area contributed by atoms with Crippen LogP contribution in [0.5, 0.6) is 0 Å². The lowest BCUT2D eigenvalue weighted by atomic mass is 10.1. The molecule has 1 aliphatic carbocycles. The molecule has 2 aromatic rings. The van der Waals surface area contributed by atoms with Crippen LogP contribution in [0.25, 0.3) is 0 Å². The van der Waals surface area contributed by atoms with Crippen LogP contribution in [-0.4, -0.2) is 30.4 Å². The number of aryl methyl sites for hydroxylation is 1. The van der Waals surface area contributed by atoms with Crippen LogP contribution in [0.3, 0.4) is 0 Å². The highest BCUT2D eigenvalue weighted by atomic mass is 19.1. The Hall–Kier alpha value is -3.22. The molecule has 31 heavy (non-hydrogen) atoms. The van der Waals surface area contributed by atoms with Crippen LogP contribution >= 0.6 is 0 Å². The molecule has 0 spiro atoms. The van der Waals surface area contributed by atoms with Crippen molar-refractivity contribution in [2.24, 2.45) is 5.92 Å². The third-order valence-corrected chi connectivity index (χ3v) is 5.68. The zero-order valence-corrected chi connectivity index (χ0v) is 17.3. The number of esters is 1. The van der Waals surface area contributed by atoms with E-state index in [4.69, 9.17) is 4.74 Å². The largest absolute Gasteiger partial charge is 0.447 e. The number of rotatable bonds is 7. The summed E-state index contributed by atoms with van der Waals surface area (Å²) in [5, 5.41) is 2.83. The van der Waals surface area contributed by atoms with Gasteiger partial charge in [0.05, 0.1) is 5.92 Å². The fourth-order valence-electron chi connectivity index (χ4n) is 3.65. The van der Waals surface area contributed by atoms with Crippen molar-refractivity contribution in [2.75, 3.05) is 11.4 Å². The molecule has 2 atom stereocenters. The van der Waals surface area contributed by atoms with Crippen molar-refractivity contribution in [3.63, 3.8) is 0 Å². The summed E-state index contributed by atoms with van der Waals surface area (Å²) in [6.45, 7) is 2.25. The van der Waals surface area contributed by atoms with Gasteiger partial charge in [-0.3, -0.25) is 14.4 Å². The van der Waals surface area contributed by atoms with E-state index in [2.05, 4.69) is 12.2 Å². The minimum Gasteiger partial charge on any atom is -0.447 e. The molecular weight excluding hydrogens is 399 g/mol. The van der Waals surface area contributed by atoms with Crippen LogP contribution in [0.4, 0.5) is 10.1 Å². The molecule has 162 valence electrons. The Kier molecular flexibility index (Phi) is 6.02. The van der Waals surface area contributed by atoms with Gasteiger partial charge in [-0.25, -0.2) is 4.39 Å². The number of hydrogen-bond donors (Lipinski definition) is 1. The monoisotopic (exact) mass is 424 g/mol. The molecular formula is C24H25FN2O4. The number of carbonyl (C=O) groups excluding carboxylic acids is 3. The van der Waals surface area contributed by atoms with E-state index >= 15 is 0 Å². The number of amides is 2. The number of carbonyl (C=O) groups is 3. The van der Waals surface area contributed by atoms with Gasteiger partial charge in [0.1, 0.15) is 5.82 Å². The van der Waals surface area contributed by atoms with Gasteiger partial charge in [0.2, 0.25) is 12.0 Å². The zero-order valence-electron chi connectivity index (χ0n) is 17.3. The van der Waals surface area contributed by atoms with E-state index < -0.39 is 29.7 Å². The SMILES string of the molecule is CCc1ccc(N2CC(C(=O)OC(C(=O)NC3CC3)c3ccc(F)cc3)CC2=O)cc1. The van der Waals surface area contributed by atoms with Crippen LogP contribution in [0.1, 0.15) is 43.4 Å². The Morgan fingerprint density at radius 3 is 2.42 bits per heavy atom. The fraction of sp³-hybridized carbons (Fsp3) is 0.375. The molecule has 6 nitrogen and oxygen atoms in total. The summed E-state index contributed by atoms with van der Waals surface area (Å²) in [4.78, 5) is 39.6. The van der Waals surface area contributed by atoms with E-state index in [0.29, 0.717) is 5.56 Å². The molecule has 4 rings (SSSR count). The van der Waals surface area contributed by atoms with Gasteiger partial charge >= 0.3 is 5.97 Å². The number of nitrogens with zero attached hydrogens (tertiary/aromatic N) is 1. The van der Waals surface area contributed by atoms with Crippen molar-refractivity contribution in [1.82, 2.24) is 5.32 Å². The highest BCUT2D eigenvalue weighted by Gasteiger charge is 2.39. The highest BCUT2D eigenvalue weighted by molar-refractivity contribution is 5.99. The van der Waals surface area contributed by atoms with Gasteiger partial charge in [0, 0.05) is 30.3 Å². The summed E-state index contributed by atoms with van der Waals surface area (Å²) < 4.78 is 18.9. The van der Waals surface area contributed by atoms with Crippen molar-refractivity contribution in [2.45, 2.75) is 44.8 Å². The van der Waals surface area contributed by atoms with Crippen molar-refractivity contribution in [1.29, 1.82) is 0 Å². The molecule has 1 saturated heterocycles. The summed E-state index contributed by atoms with van der Waals surface area (Å²) in [7, 11) is 0. The molecule has 1 N–H and O–H groups in total. The second-order valence-corrected chi connectivity index (χ2v) is 8.08. The van der Waals surface area contributed by atoms with E-state index in [1.54, 1.807) is 4.90 Å². The zero-order chi connectivity index (χ0) is 22.0. The van der Waals surface area contributed by atoms with Crippen molar-refractivity contribution >= 4 is 23.5 Å². The number of anilines is 1. The fourth-order valence-corrected chi connectivity index (χ4v) is 3.65. The van der Waals surface area contributed by atoms with Gasteiger partial charge in [0.15, 0.2) is 0 Å². The predicted molar refractivity (Wildman–Crippen MR) is 113 cm³/mol. The number of ether oxygens (including phenoxy) is 1. The van der Waals surface area contributed by atoms with Crippen molar-refractivity contribution < 1.29 is 23.5 Å². The Balaban J connectivity index is 1.46. The average molecular weight is 424 g/mol. The van der Waals surface area contributed by atoms with Gasteiger partial charge in [-0.05, 0) is 49.1 Å². The molecule has 2 aromatic carbocycles. The van der Waals surface area contributed by atoms with Gasteiger partial charge in [-0.15, -0.1) is 0 Å². The van der Waals surface area contributed by atoms with E-state index in [1.165, 1.54) is 24.3 Å². The number of nitrogens with one attached hydrogen (secondary N) is 1. The second-order valence-electron chi connectivity index (χ2n) is 8.08.